The van der Waals surface area contributed by atoms with Gasteiger partial charge in [-0.1, -0.05) is 140 Å². The van der Waals surface area contributed by atoms with Crippen LogP contribution in [0.2, 0.25) is 0 Å². The molecule has 6 rings (SSSR count). The molecule has 0 saturated heterocycles. The second-order valence-electron chi connectivity index (χ2n) is 11.7. The molecule has 49 heavy (non-hydrogen) atoms. The zero-order valence-corrected chi connectivity index (χ0v) is 28.1. The smallest absolute Gasteiger partial charge is 0.412 e. The molecular formula is C42H43NO6. The lowest BCUT2D eigenvalue weighted by Gasteiger charge is -2.43. The summed E-state index contributed by atoms with van der Waals surface area (Å²) in [5.74, 6) is 0. The Morgan fingerprint density at radius 2 is 1.04 bits per heavy atom. The monoisotopic (exact) mass is 657 g/mol. The molecule has 1 amide bonds. The number of carbonyl (C=O) groups excluding carboxylic acids is 1. The van der Waals surface area contributed by atoms with Crippen LogP contribution in [0.1, 0.15) is 40.8 Å². The lowest BCUT2D eigenvalue weighted by atomic mass is 9.80. The first-order valence-electron chi connectivity index (χ1n) is 16.8. The van der Waals surface area contributed by atoms with Gasteiger partial charge < -0.3 is 23.7 Å². The van der Waals surface area contributed by atoms with E-state index in [2.05, 4.69) is 60.7 Å². The number of benzene rings is 5. The maximum Gasteiger partial charge on any atom is 0.412 e. The highest BCUT2D eigenvalue weighted by Gasteiger charge is 2.46. The lowest BCUT2D eigenvalue weighted by Crippen LogP contribution is -2.51. The third-order valence-electron chi connectivity index (χ3n) is 8.84. The molecule has 0 fully saturated rings. The summed E-state index contributed by atoms with van der Waals surface area (Å²) < 4.78 is 30.6. The molecule has 0 radical (unpaired) electrons. The van der Waals surface area contributed by atoms with Gasteiger partial charge in [0.1, 0.15) is 5.60 Å². The number of nitrogens with zero attached hydrogens (tertiary/aromatic N) is 1. The van der Waals surface area contributed by atoms with Gasteiger partial charge in [0, 0.05) is 6.61 Å². The number of fused-ring (bicyclic) bond motifs is 3. The van der Waals surface area contributed by atoms with E-state index in [0.29, 0.717) is 33.0 Å². The van der Waals surface area contributed by atoms with E-state index in [4.69, 9.17) is 23.7 Å². The molecule has 1 aliphatic carbocycles. The van der Waals surface area contributed by atoms with Crippen LogP contribution in [0, 0.1) is 0 Å². The van der Waals surface area contributed by atoms with Gasteiger partial charge in [-0.2, -0.15) is 0 Å². The van der Waals surface area contributed by atoms with Crippen LogP contribution in [-0.2, 0) is 29.3 Å². The number of ether oxygens (including phenoxy) is 5. The van der Waals surface area contributed by atoms with Crippen LogP contribution < -0.4 is 0 Å². The maximum atomic E-state index is 14.2. The van der Waals surface area contributed by atoms with Crippen LogP contribution >= 0.6 is 0 Å². The molecule has 7 heteroatoms. The third kappa shape index (κ3) is 7.31. The Morgan fingerprint density at radius 3 is 1.51 bits per heavy atom. The Bertz CT molecular complexity index is 1620. The molecule has 252 valence electrons. The molecular weight excluding hydrogens is 614 g/mol. The van der Waals surface area contributed by atoms with Gasteiger partial charge in [0.25, 0.3) is 0 Å². The van der Waals surface area contributed by atoms with E-state index in [1.54, 1.807) is 4.90 Å². The number of hydrogen-bond donors (Lipinski definition) is 0. The van der Waals surface area contributed by atoms with E-state index >= 15 is 0 Å². The van der Waals surface area contributed by atoms with Gasteiger partial charge in [0.15, 0.2) is 6.23 Å². The van der Waals surface area contributed by atoms with Crippen molar-refractivity contribution in [3.05, 3.63) is 167 Å². The van der Waals surface area contributed by atoms with Crippen LogP contribution in [0.3, 0.4) is 0 Å². The zero-order chi connectivity index (χ0) is 33.9. The Hall–Kier alpha value is -4.79. The number of amides is 1. The molecule has 7 nitrogen and oxygen atoms in total. The molecule has 1 unspecified atom stereocenters. The van der Waals surface area contributed by atoms with Crippen molar-refractivity contribution in [2.24, 2.45) is 0 Å². The number of hydrogen-bond acceptors (Lipinski definition) is 6. The molecule has 5 aromatic rings. The van der Waals surface area contributed by atoms with Crippen molar-refractivity contribution >= 4 is 6.09 Å². The quantitative estimate of drug-likeness (QED) is 0.0605. The second kappa shape index (κ2) is 16.5. The first kappa shape index (κ1) is 34.1. The molecule has 0 aliphatic heterocycles. The fourth-order valence-electron chi connectivity index (χ4n) is 6.69. The first-order chi connectivity index (χ1) is 24.2. The highest BCUT2D eigenvalue weighted by molar-refractivity contribution is 5.81. The summed E-state index contributed by atoms with van der Waals surface area (Å²) in [6.45, 7) is 4.31. The minimum absolute atomic E-state index is 0.0546. The second-order valence-corrected chi connectivity index (χ2v) is 11.7. The number of carbonyl (C=O) groups is 1. The van der Waals surface area contributed by atoms with Gasteiger partial charge in [-0.25, -0.2) is 4.79 Å². The fraction of sp³-hybridized carbons (Fsp3) is 0.262. The first-order valence-corrected chi connectivity index (χ1v) is 16.8. The molecule has 1 aliphatic rings. The van der Waals surface area contributed by atoms with Crippen molar-refractivity contribution < 1.29 is 28.5 Å². The molecule has 5 aromatic carbocycles. The molecule has 0 spiro atoms. The molecule has 0 N–H and O–H groups in total. The van der Waals surface area contributed by atoms with E-state index in [1.807, 2.05) is 85.8 Å². The molecule has 0 aromatic heterocycles. The number of rotatable bonds is 16. The van der Waals surface area contributed by atoms with E-state index in [9.17, 15) is 4.79 Å². The van der Waals surface area contributed by atoms with Crippen molar-refractivity contribution in [2.75, 3.05) is 46.8 Å². The highest BCUT2D eigenvalue weighted by Crippen LogP contribution is 2.49. The molecule has 1 atom stereocenters. The summed E-state index contributed by atoms with van der Waals surface area (Å²) in [6.07, 6.45) is -1.44. The largest absolute Gasteiger partial charge is 0.453 e. The molecule has 0 heterocycles. The van der Waals surface area contributed by atoms with Crippen LogP contribution in [0.5, 0.6) is 0 Å². The molecule has 0 saturated carbocycles. The number of methoxy groups -OCH3 is 1. The fourth-order valence-corrected chi connectivity index (χ4v) is 6.69. The Labute approximate surface area is 289 Å². The lowest BCUT2D eigenvalue weighted by molar-refractivity contribution is -0.153. The van der Waals surface area contributed by atoms with Crippen LogP contribution in [0.4, 0.5) is 4.79 Å². The SMILES string of the molecule is CCOCCOCCOCC(OC(c1ccccc1)(c1ccccc1)c1ccccc1)N(C(=O)OC)C1c2ccccc2-c2ccccc21. The summed E-state index contributed by atoms with van der Waals surface area (Å²) in [5.41, 5.74) is 5.73. The van der Waals surface area contributed by atoms with E-state index in [0.717, 1.165) is 38.9 Å². The van der Waals surface area contributed by atoms with Gasteiger partial charge in [-0.3, -0.25) is 4.90 Å². The van der Waals surface area contributed by atoms with Crippen molar-refractivity contribution in [3.8, 4) is 11.1 Å². The van der Waals surface area contributed by atoms with Crippen molar-refractivity contribution in [1.82, 2.24) is 4.90 Å². The summed E-state index contributed by atoms with van der Waals surface area (Å²) >= 11 is 0. The van der Waals surface area contributed by atoms with Crippen LogP contribution in [0.15, 0.2) is 140 Å². The molecule has 0 bridgehead atoms. The average molecular weight is 658 g/mol. The normalized spacial score (nSPS) is 13.0. The van der Waals surface area contributed by atoms with Crippen LogP contribution in [0.25, 0.3) is 11.1 Å². The van der Waals surface area contributed by atoms with E-state index in [-0.39, 0.29) is 6.61 Å². The van der Waals surface area contributed by atoms with Gasteiger partial charge >= 0.3 is 6.09 Å². The predicted octanol–water partition coefficient (Wildman–Crippen LogP) is 8.23. The van der Waals surface area contributed by atoms with Crippen molar-refractivity contribution in [1.29, 1.82) is 0 Å². The zero-order valence-electron chi connectivity index (χ0n) is 28.1. The van der Waals surface area contributed by atoms with Crippen molar-refractivity contribution in [3.63, 3.8) is 0 Å². The summed E-state index contributed by atoms with van der Waals surface area (Å²) in [6, 6.07) is 46.3. The Morgan fingerprint density at radius 1 is 0.612 bits per heavy atom. The van der Waals surface area contributed by atoms with Gasteiger partial charge in [-0.05, 0) is 45.9 Å². The highest BCUT2D eigenvalue weighted by atomic mass is 16.6. The summed E-state index contributed by atoms with van der Waals surface area (Å²) in [4.78, 5) is 15.9. The Kier molecular flexibility index (Phi) is 11.5. The van der Waals surface area contributed by atoms with Crippen LogP contribution in [-0.4, -0.2) is 64.0 Å². The average Bonchev–Trinajstić information content (AvgIpc) is 3.49. The maximum absolute atomic E-state index is 14.2. The predicted molar refractivity (Wildman–Crippen MR) is 190 cm³/mol. The van der Waals surface area contributed by atoms with Gasteiger partial charge in [-0.15, -0.1) is 0 Å². The summed E-state index contributed by atoms with van der Waals surface area (Å²) in [5, 5.41) is 0. The minimum Gasteiger partial charge on any atom is -0.453 e. The van der Waals surface area contributed by atoms with E-state index in [1.165, 1.54) is 7.11 Å². The Balaban J connectivity index is 1.48. The summed E-state index contributed by atoms with van der Waals surface area (Å²) in [7, 11) is 1.41. The van der Waals surface area contributed by atoms with Crippen molar-refractivity contribution in [2.45, 2.75) is 24.8 Å². The van der Waals surface area contributed by atoms with Gasteiger partial charge in [0.05, 0.1) is 46.2 Å². The van der Waals surface area contributed by atoms with Gasteiger partial charge in [0.2, 0.25) is 0 Å². The topological polar surface area (TPSA) is 66.5 Å². The van der Waals surface area contributed by atoms with E-state index < -0.39 is 24.0 Å². The minimum atomic E-state index is -1.13. The third-order valence-corrected chi connectivity index (χ3v) is 8.84. The standard InChI is InChI=1S/C42H43NO6/c1-3-46-27-28-47-29-30-48-31-39(43(41(44)45-2)40-37-25-15-13-23-35(37)36-24-14-16-26-38(36)40)49-42(32-17-7-4-8-18-32,33-19-9-5-10-20-33)34-21-11-6-12-22-34/h4-26,39-40H,3,27-31H2,1-2H3.